The van der Waals surface area contributed by atoms with E-state index in [1.54, 1.807) is 7.11 Å². The summed E-state index contributed by atoms with van der Waals surface area (Å²) in [5, 5.41) is 3.39. The summed E-state index contributed by atoms with van der Waals surface area (Å²) in [6.07, 6.45) is 1.56. The Hall–Kier alpha value is -1.59. The second kappa shape index (κ2) is 7.32. The van der Waals surface area contributed by atoms with Gasteiger partial charge in [-0.1, -0.05) is 12.1 Å². The van der Waals surface area contributed by atoms with Crippen molar-refractivity contribution in [1.29, 1.82) is 0 Å². The van der Waals surface area contributed by atoms with Crippen molar-refractivity contribution < 1.29 is 9.53 Å². The molecule has 2 saturated heterocycles. The van der Waals surface area contributed by atoms with Gasteiger partial charge in [-0.3, -0.25) is 9.69 Å². The number of amides is 1. The molecule has 0 radical (unpaired) electrons. The maximum absolute atomic E-state index is 12.6. The Balaban J connectivity index is 1.56. The number of nitrogens with one attached hydrogen (secondary N) is 1. The minimum atomic E-state index is 0.230. The van der Waals surface area contributed by atoms with Crippen molar-refractivity contribution in [3.63, 3.8) is 0 Å². The Labute approximate surface area is 138 Å². The van der Waals surface area contributed by atoms with E-state index >= 15 is 0 Å². The van der Waals surface area contributed by atoms with E-state index in [4.69, 9.17) is 4.74 Å². The molecular weight excluding hydrogens is 290 g/mol. The van der Waals surface area contributed by atoms with E-state index in [1.165, 1.54) is 0 Å². The number of likely N-dealkylation sites (tertiary alicyclic amines) is 1. The Morgan fingerprint density at radius 1 is 1.30 bits per heavy atom. The van der Waals surface area contributed by atoms with Gasteiger partial charge in [0.25, 0.3) is 0 Å². The van der Waals surface area contributed by atoms with Crippen LogP contribution >= 0.6 is 0 Å². The number of carbonyl (C=O) groups excluding carboxylic acids is 1. The molecule has 1 aromatic rings. The molecule has 1 aromatic carbocycles. The first-order valence-electron chi connectivity index (χ1n) is 8.53. The molecule has 0 bridgehead atoms. The van der Waals surface area contributed by atoms with E-state index in [9.17, 15) is 4.79 Å². The highest BCUT2D eigenvalue weighted by molar-refractivity contribution is 5.79. The van der Waals surface area contributed by atoms with Crippen LogP contribution in [-0.4, -0.2) is 68.1 Å². The van der Waals surface area contributed by atoms with E-state index in [0.29, 0.717) is 12.5 Å². The summed E-state index contributed by atoms with van der Waals surface area (Å²) in [7, 11) is 1.67. The first-order valence-corrected chi connectivity index (χ1v) is 8.53. The van der Waals surface area contributed by atoms with Gasteiger partial charge in [0.2, 0.25) is 5.91 Å². The Morgan fingerprint density at radius 2 is 2.09 bits per heavy atom. The molecule has 5 heteroatoms. The fraction of sp³-hybridized carbons (Fsp3) is 0.611. The van der Waals surface area contributed by atoms with Gasteiger partial charge in [0, 0.05) is 45.3 Å². The van der Waals surface area contributed by atoms with Crippen molar-refractivity contribution >= 4 is 5.91 Å². The van der Waals surface area contributed by atoms with E-state index in [-0.39, 0.29) is 5.91 Å². The molecule has 2 heterocycles. The fourth-order valence-electron chi connectivity index (χ4n) is 3.57. The molecule has 5 nitrogen and oxygen atoms in total. The predicted molar refractivity (Wildman–Crippen MR) is 90.9 cm³/mol. The van der Waals surface area contributed by atoms with Gasteiger partial charge in [0.1, 0.15) is 5.75 Å². The minimum absolute atomic E-state index is 0.230. The standard InChI is InChI=1S/C18H27N3O2/c1-14-3-4-15(11-17(14)23-2)12-18(22)21-8-5-16(13-21)20-9-6-19-7-10-20/h3-4,11,16,19H,5-10,12-13H2,1-2H3. The molecule has 2 aliphatic rings. The average molecular weight is 317 g/mol. The molecule has 0 saturated carbocycles. The Morgan fingerprint density at radius 3 is 2.83 bits per heavy atom. The molecule has 0 aliphatic carbocycles. The van der Waals surface area contributed by atoms with Crippen molar-refractivity contribution in [2.24, 2.45) is 0 Å². The predicted octanol–water partition coefficient (Wildman–Crippen LogP) is 1.05. The third kappa shape index (κ3) is 3.85. The van der Waals surface area contributed by atoms with Gasteiger partial charge < -0.3 is 15.0 Å². The number of piperazine rings is 1. The van der Waals surface area contributed by atoms with Crippen LogP contribution in [0, 0.1) is 6.92 Å². The minimum Gasteiger partial charge on any atom is -0.496 e. The van der Waals surface area contributed by atoms with Gasteiger partial charge in [0.15, 0.2) is 0 Å². The van der Waals surface area contributed by atoms with Crippen LogP contribution in [0.4, 0.5) is 0 Å². The van der Waals surface area contributed by atoms with Gasteiger partial charge in [-0.05, 0) is 30.5 Å². The molecule has 3 rings (SSSR count). The molecule has 0 spiro atoms. The van der Waals surface area contributed by atoms with Crippen LogP contribution in [0.1, 0.15) is 17.5 Å². The monoisotopic (exact) mass is 317 g/mol. The lowest BCUT2D eigenvalue weighted by Gasteiger charge is -2.32. The topological polar surface area (TPSA) is 44.8 Å². The van der Waals surface area contributed by atoms with Crippen LogP contribution in [0.3, 0.4) is 0 Å². The van der Waals surface area contributed by atoms with Crippen molar-refractivity contribution in [1.82, 2.24) is 15.1 Å². The van der Waals surface area contributed by atoms with Crippen LogP contribution in [-0.2, 0) is 11.2 Å². The molecule has 2 aliphatic heterocycles. The summed E-state index contributed by atoms with van der Waals surface area (Å²) < 4.78 is 5.35. The number of hydrogen-bond donors (Lipinski definition) is 1. The normalized spacial score (nSPS) is 22.3. The number of benzene rings is 1. The third-order valence-electron chi connectivity index (χ3n) is 5.01. The van der Waals surface area contributed by atoms with Crippen LogP contribution < -0.4 is 10.1 Å². The number of methoxy groups -OCH3 is 1. The number of carbonyl (C=O) groups is 1. The summed E-state index contributed by atoms with van der Waals surface area (Å²) in [5.41, 5.74) is 2.13. The summed E-state index contributed by atoms with van der Waals surface area (Å²) in [5.74, 6) is 1.09. The maximum Gasteiger partial charge on any atom is 0.227 e. The molecule has 1 atom stereocenters. The van der Waals surface area contributed by atoms with Crippen LogP contribution in [0.25, 0.3) is 0 Å². The molecular formula is C18H27N3O2. The summed E-state index contributed by atoms with van der Waals surface area (Å²) in [6.45, 7) is 8.10. The molecule has 1 unspecified atom stereocenters. The third-order valence-corrected chi connectivity index (χ3v) is 5.01. The van der Waals surface area contributed by atoms with Crippen molar-refractivity contribution in [3.8, 4) is 5.75 Å². The average Bonchev–Trinajstić information content (AvgIpc) is 3.07. The largest absolute Gasteiger partial charge is 0.496 e. The van der Waals surface area contributed by atoms with E-state index in [2.05, 4.69) is 10.2 Å². The van der Waals surface area contributed by atoms with Gasteiger partial charge in [-0.15, -0.1) is 0 Å². The first-order chi connectivity index (χ1) is 11.2. The molecule has 1 amide bonds. The second-order valence-corrected chi connectivity index (χ2v) is 6.55. The lowest BCUT2D eigenvalue weighted by atomic mass is 10.1. The SMILES string of the molecule is COc1cc(CC(=O)N2CCC(N3CCNCC3)C2)ccc1C. The number of hydrogen-bond acceptors (Lipinski definition) is 4. The maximum atomic E-state index is 12.6. The molecule has 0 aromatic heterocycles. The van der Waals surface area contributed by atoms with Gasteiger partial charge in [-0.25, -0.2) is 0 Å². The zero-order valence-corrected chi connectivity index (χ0v) is 14.2. The first kappa shape index (κ1) is 16.3. The van der Waals surface area contributed by atoms with Crippen molar-refractivity contribution in [2.75, 3.05) is 46.4 Å². The Bertz CT molecular complexity index is 555. The number of rotatable bonds is 4. The molecule has 2 fully saturated rings. The second-order valence-electron chi connectivity index (χ2n) is 6.55. The highest BCUT2D eigenvalue weighted by Crippen LogP contribution is 2.21. The van der Waals surface area contributed by atoms with Gasteiger partial charge >= 0.3 is 0 Å². The Kier molecular flexibility index (Phi) is 5.18. The van der Waals surface area contributed by atoms with Crippen LogP contribution in [0.5, 0.6) is 5.75 Å². The lowest BCUT2D eigenvalue weighted by molar-refractivity contribution is -0.129. The summed E-state index contributed by atoms with van der Waals surface area (Å²) >= 11 is 0. The summed E-state index contributed by atoms with van der Waals surface area (Å²) in [4.78, 5) is 17.1. The molecule has 23 heavy (non-hydrogen) atoms. The molecule has 1 N–H and O–H groups in total. The highest BCUT2D eigenvalue weighted by atomic mass is 16.5. The number of aryl methyl sites for hydroxylation is 1. The van der Waals surface area contributed by atoms with Crippen molar-refractivity contribution in [3.05, 3.63) is 29.3 Å². The number of ether oxygens (including phenoxy) is 1. The van der Waals surface area contributed by atoms with Crippen LogP contribution in [0.15, 0.2) is 18.2 Å². The van der Waals surface area contributed by atoms with Gasteiger partial charge in [0.05, 0.1) is 13.5 Å². The number of nitrogens with zero attached hydrogens (tertiary/aromatic N) is 2. The lowest BCUT2D eigenvalue weighted by Crippen LogP contribution is -2.49. The smallest absolute Gasteiger partial charge is 0.227 e. The quantitative estimate of drug-likeness (QED) is 0.902. The van der Waals surface area contributed by atoms with E-state index in [1.807, 2.05) is 30.0 Å². The fourth-order valence-corrected chi connectivity index (χ4v) is 3.57. The van der Waals surface area contributed by atoms with Crippen molar-refractivity contribution in [2.45, 2.75) is 25.8 Å². The highest BCUT2D eigenvalue weighted by Gasteiger charge is 2.30. The summed E-state index contributed by atoms with van der Waals surface area (Å²) in [6, 6.07) is 6.57. The van der Waals surface area contributed by atoms with E-state index in [0.717, 1.165) is 62.6 Å². The van der Waals surface area contributed by atoms with Gasteiger partial charge in [-0.2, -0.15) is 0 Å². The zero-order chi connectivity index (χ0) is 16.2. The van der Waals surface area contributed by atoms with Crippen LogP contribution in [0.2, 0.25) is 0 Å². The molecule has 126 valence electrons. The zero-order valence-electron chi connectivity index (χ0n) is 14.2. The van der Waals surface area contributed by atoms with E-state index < -0.39 is 0 Å².